The van der Waals surface area contributed by atoms with Crippen molar-refractivity contribution >= 4 is 33.7 Å². The van der Waals surface area contributed by atoms with Gasteiger partial charge >= 0.3 is 0 Å². The third-order valence-corrected chi connectivity index (χ3v) is 3.13. The van der Waals surface area contributed by atoms with E-state index in [0.29, 0.717) is 21.2 Å². The lowest BCUT2D eigenvalue weighted by Crippen LogP contribution is -2.03. The fraction of sp³-hybridized carbons (Fsp3) is 0. The smallest absolute Gasteiger partial charge is 0.197 e. The van der Waals surface area contributed by atoms with E-state index in [9.17, 15) is 4.79 Å². The largest absolute Gasteiger partial charge is 0.390 e. The van der Waals surface area contributed by atoms with Crippen LogP contribution in [0.15, 0.2) is 35.7 Å². The molecule has 15 heavy (non-hydrogen) atoms. The molecule has 2 aromatic rings. The van der Waals surface area contributed by atoms with Crippen LogP contribution in [-0.4, -0.2) is 5.78 Å². The van der Waals surface area contributed by atoms with E-state index in [2.05, 4.69) is 0 Å². The Balaban J connectivity index is 2.46. The van der Waals surface area contributed by atoms with Crippen LogP contribution >= 0.6 is 22.9 Å². The van der Waals surface area contributed by atoms with Crippen LogP contribution in [0.5, 0.6) is 0 Å². The Bertz CT molecular complexity index is 507. The van der Waals surface area contributed by atoms with Crippen LogP contribution in [0, 0.1) is 0 Å². The van der Waals surface area contributed by atoms with Crippen molar-refractivity contribution in [2.75, 3.05) is 5.73 Å². The molecule has 0 aliphatic carbocycles. The maximum Gasteiger partial charge on any atom is 0.197 e. The molecule has 1 heterocycles. The second-order valence-electron chi connectivity index (χ2n) is 3.01. The Morgan fingerprint density at radius 3 is 2.53 bits per heavy atom. The molecule has 0 bridgehead atoms. The number of anilines is 1. The van der Waals surface area contributed by atoms with Crippen molar-refractivity contribution in [1.29, 1.82) is 0 Å². The predicted octanol–water partition coefficient (Wildman–Crippen LogP) is 3.21. The summed E-state index contributed by atoms with van der Waals surface area (Å²) >= 11 is 7.28. The van der Waals surface area contributed by atoms with Gasteiger partial charge in [-0.3, -0.25) is 4.79 Å². The monoisotopic (exact) mass is 237 g/mol. The number of nitrogens with two attached hydrogens (primary N) is 1. The zero-order valence-corrected chi connectivity index (χ0v) is 9.31. The lowest BCUT2D eigenvalue weighted by molar-refractivity contribution is 0.104. The second-order valence-corrected chi connectivity index (χ2v) is 4.36. The van der Waals surface area contributed by atoms with Gasteiger partial charge < -0.3 is 5.73 Å². The van der Waals surface area contributed by atoms with Crippen molar-refractivity contribution in [2.45, 2.75) is 0 Å². The molecule has 2 rings (SSSR count). The first kappa shape index (κ1) is 10.2. The van der Waals surface area contributed by atoms with Crippen molar-refractivity contribution in [3.8, 4) is 0 Å². The van der Waals surface area contributed by atoms with Gasteiger partial charge in [0.25, 0.3) is 0 Å². The first-order valence-corrected chi connectivity index (χ1v) is 5.58. The highest BCUT2D eigenvalue weighted by molar-refractivity contribution is 7.14. The SMILES string of the molecule is Nc1sccc1C(=O)c1ccccc1Cl. The summed E-state index contributed by atoms with van der Waals surface area (Å²) in [6.07, 6.45) is 0. The highest BCUT2D eigenvalue weighted by Crippen LogP contribution is 2.25. The van der Waals surface area contributed by atoms with Crippen LogP contribution < -0.4 is 5.73 Å². The zero-order chi connectivity index (χ0) is 10.8. The summed E-state index contributed by atoms with van der Waals surface area (Å²) in [4.78, 5) is 12.0. The number of hydrogen-bond acceptors (Lipinski definition) is 3. The minimum atomic E-state index is -0.126. The van der Waals surface area contributed by atoms with Gasteiger partial charge in [0, 0.05) is 5.56 Å². The van der Waals surface area contributed by atoms with Crippen molar-refractivity contribution in [3.63, 3.8) is 0 Å². The fourth-order valence-corrected chi connectivity index (χ4v) is 2.16. The molecule has 0 unspecified atom stereocenters. The van der Waals surface area contributed by atoms with Crippen molar-refractivity contribution in [3.05, 3.63) is 51.9 Å². The predicted molar refractivity (Wildman–Crippen MR) is 63.6 cm³/mol. The topological polar surface area (TPSA) is 43.1 Å². The number of benzene rings is 1. The molecule has 0 aliphatic rings. The van der Waals surface area contributed by atoms with Crippen LogP contribution in [0.1, 0.15) is 15.9 Å². The molecule has 0 spiro atoms. The molecule has 0 amide bonds. The second kappa shape index (κ2) is 4.04. The number of thiophene rings is 1. The summed E-state index contributed by atoms with van der Waals surface area (Å²) in [7, 11) is 0. The molecule has 0 atom stereocenters. The molecule has 1 aromatic carbocycles. The highest BCUT2D eigenvalue weighted by atomic mass is 35.5. The van der Waals surface area contributed by atoms with E-state index < -0.39 is 0 Å². The number of halogens is 1. The first-order valence-electron chi connectivity index (χ1n) is 4.32. The van der Waals surface area contributed by atoms with E-state index >= 15 is 0 Å². The number of rotatable bonds is 2. The normalized spacial score (nSPS) is 10.2. The van der Waals surface area contributed by atoms with E-state index in [1.807, 2.05) is 0 Å². The zero-order valence-electron chi connectivity index (χ0n) is 7.74. The first-order chi connectivity index (χ1) is 7.20. The molecular formula is C11H8ClNOS. The standard InChI is InChI=1S/C11H8ClNOS/c12-9-4-2-1-3-7(9)10(14)8-5-6-15-11(8)13/h1-6H,13H2. The Kier molecular flexibility index (Phi) is 2.75. The number of hydrogen-bond donors (Lipinski definition) is 1. The van der Waals surface area contributed by atoms with Gasteiger partial charge in [-0.15, -0.1) is 11.3 Å². The Morgan fingerprint density at radius 2 is 1.93 bits per heavy atom. The third kappa shape index (κ3) is 1.89. The van der Waals surface area contributed by atoms with Gasteiger partial charge in [-0.1, -0.05) is 23.7 Å². The van der Waals surface area contributed by atoms with Crippen molar-refractivity contribution in [2.24, 2.45) is 0 Å². The quantitative estimate of drug-likeness (QED) is 0.815. The number of nitrogen functional groups attached to an aromatic ring is 1. The maximum absolute atomic E-state index is 12.0. The molecule has 0 saturated heterocycles. The van der Waals surface area contributed by atoms with Gasteiger partial charge in [0.1, 0.15) is 0 Å². The van der Waals surface area contributed by atoms with Crippen molar-refractivity contribution < 1.29 is 4.79 Å². The van der Waals surface area contributed by atoms with Crippen LogP contribution in [-0.2, 0) is 0 Å². The van der Waals surface area contributed by atoms with Gasteiger partial charge in [-0.2, -0.15) is 0 Å². The number of carbonyl (C=O) groups excluding carboxylic acids is 1. The molecule has 0 aliphatic heterocycles. The van der Waals surface area contributed by atoms with E-state index in [1.54, 1.807) is 35.7 Å². The molecule has 2 nitrogen and oxygen atoms in total. The van der Waals surface area contributed by atoms with E-state index in [0.717, 1.165) is 0 Å². The van der Waals surface area contributed by atoms with Gasteiger partial charge in [0.2, 0.25) is 0 Å². The summed E-state index contributed by atoms with van der Waals surface area (Å²) in [5.41, 5.74) is 6.69. The minimum Gasteiger partial charge on any atom is -0.390 e. The van der Waals surface area contributed by atoms with E-state index in [-0.39, 0.29) is 5.78 Å². The summed E-state index contributed by atoms with van der Waals surface area (Å²) in [5.74, 6) is -0.126. The average Bonchev–Trinajstić information content (AvgIpc) is 2.64. The van der Waals surface area contributed by atoms with E-state index in [4.69, 9.17) is 17.3 Å². The molecule has 4 heteroatoms. The van der Waals surface area contributed by atoms with Crippen molar-refractivity contribution in [1.82, 2.24) is 0 Å². The fourth-order valence-electron chi connectivity index (χ4n) is 1.30. The summed E-state index contributed by atoms with van der Waals surface area (Å²) in [6.45, 7) is 0. The molecule has 0 fully saturated rings. The summed E-state index contributed by atoms with van der Waals surface area (Å²) < 4.78 is 0. The van der Waals surface area contributed by atoms with E-state index in [1.165, 1.54) is 11.3 Å². The van der Waals surface area contributed by atoms with Gasteiger partial charge in [-0.25, -0.2) is 0 Å². The molecule has 1 aromatic heterocycles. The molecule has 76 valence electrons. The Hall–Kier alpha value is -1.32. The van der Waals surface area contributed by atoms with Crippen LogP contribution in [0.25, 0.3) is 0 Å². The average molecular weight is 238 g/mol. The minimum absolute atomic E-state index is 0.126. The van der Waals surface area contributed by atoms with Gasteiger partial charge in [0.05, 0.1) is 15.6 Å². The third-order valence-electron chi connectivity index (χ3n) is 2.06. The van der Waals surface area contributed by atoms with Crippen LogP contribution in [0.4, 0.5) is 5.00 Å². The molecule has 2 N–H and O–H groups in total. The summed E-state index contributed by atoms with van der Waals surface area (Å²) in [6, 6.07) is 8.67. The lowest BCUT2D eigenvalue weighted by atomic mass is 10.1. The maximum atomic E-state index is 12.0. The lowest BCUT2D eigenvalue weighted by Gasteiger charge is -2.01. The van der Waals surface area contributed by atoms with Gasteiger partial charge in [0.15, 0.2) is 5.78 Å². The molecule has 0 radical (unpaired) electrons. The number of ketones is 1. The number of carbonyl (C=O) groups is 1. The van der Waals surface area contributed by atoms with Crippen LogP contribution in [0.3, 0.4) is 0 Å². The highest BCUT2D eigenvalue weighted by Gasteiger charge is 2.15. The Labute approximate surface area is 96.3 Å². The molecular weight excluding hydrogens is 230 g/mol. The van der Waals surface area contributed by atoms with Crippen LogP contribution in [0.2, 0.25) is 5.02 Å². The Morgan fingerprint density at radius 1 is 1.20 bits per heavy atom. The molecule has 0 saturated carbocycles. The van der Waals surface area contributed by atoms with Gasteiger partial charge in [-0.05, 0) is 23.6 Å². The summed E-state index contributed by atoms with van der Waals surface area (Å²) in [5, 5.41) is 2.77.